The van der Waals surface area contributed by atoms with Crippen LogP contribution >= 0.6 is 0 Å². The van der Waals surface area contributed by atoms with Gasteiger partial charge in [0.15, 0.2) is 11.4 Å². The minimum absolute atomic E-state index is 0.00154. The molecule has 2 fully saturated rings. The quantitative estimate of drug-likeness (QED) is 0.479. The van der Waals surface area contributed by atoms with E-state index < -0.39 is 34.8 Å². The second kappa shape index (κ2) is 6.71. The Labute approximate surface area is 177 Å². The first-order valence-corrected chi connectivity index (χ1v) is 10.8. The van der Waals surface area contributed by atoms with Crippen LogP contribution in [0.3, 0.4) is 0 Å². The molecular formula is C24H32O6. The summed E-state index contributed by atoms with van der Waals surface area (Å²) in [6.45, 7) is 10.0. The Hall–Kier alpha value is -2.08. The number of ether oxygens (including phenoxy) is 3. The Morgan fingerprint density at radius 1 is 1.07 bits per heavy atom. The van der Waals surface area contributed by atoms with Gasteiger partial charge in [0.25, 0.3) is 0 Å². The number of esters is 2. The highest BCUT2D eigenvalue weighted by Gasteiger charge is 2.70. The van der Waals surface area contributed by atoms with Gasteiger partial charge < -0.3 is 19.3 Å². The van der Waals surface area contributed by atoms with Crippen LogP contribution in [0.15, 0.2) is 35.6 Å². The molecular weight excluding hydrogens is 384 g/mol. The van der Waals surface area contributed by atoms with E-state index in [-0.39, 0.29) is 17.8 Å². The van der Waals surface area contributed by atoms with E-state index >= 15 is 0 Å². The van der Waals surface area contributed by atoms with E-state index in [0.717, 1.165) is 12.0 Å². The van der Waals surface area contributed by atoms with E-state index in [2.05, 4.69) is 32.1 Å². The van der Waals surface area contributed by atoms with Gasteiger partial charge in [-0.3, -0.25) is 4.79 Å². The Kier molecular flexibility index (Phi) is 4.73. The van der Waals surface area contributed by atoms with Gasteiger partial charge in [-0.15, -0.1) is 0 Å². The molecule has 2 saturated heterocycles. The van der Waals surface area contributed by atoms with Crippen molar-refractivity contribution in [1.82, 2.24) is 0 Å². The third-order valence-corrected chi connectivity index (χ3v) is 7.41. The number of rotatable bonds is 0. The molecule has 0 aromatic carbocycles. The van der Waals surface area contributed by atoms with Crippen LogP contribution in [-0.4, -0.2) is 40.0 Å². The van der Waals surface area contributed by atoms with Crippen LogP contribution in [0, 0.1) is 11.3 Å². The number of hydrogen-bond donors (Lipinski definition) is 1. The summed E-state index contributed by atoms with van der Waals surface area (Å²) >= 11 is 0. The lowest BCUT2D eigenvalue weighted by molar-refractivity contribution is -0.221. The average Bonchev–Trinajstić information content (AvgIpc) is 2.86. The monoisotopic (exact) mass is 416 g/mol. The second-order valence-corrected chi connectivity index (χ2v) is 10.5. The molecule has 30 heavy (non-hydrogen) atoms. The largest absolute Gasteiger partial charge is 0.487 e. The smallest absolute Gasteiger partial charge is 0.335 e. The summed E-state index contributed by atoms with van der Waals surface area (Å²) in [6, 6.07) is 0. The van der Waals surface area contributed by atoms with Crippen molar-refractivity contribution in [2.24, 2.45) is 11.3 Å². The zero-order valence-corrected chi connectivity index (χ0v) is 18.5. The highest BCUT2D eigenvalue weighted by atomic mass is 16.6. The lowest BCUT2D eigenvalue weighted by Crippen LogP contribution is -2.63. The number of hydrogen-bond acceptors (Lipinski definition) is 6. The van der Waals surface area contributed by atoms with Gasteiger partial charge in [0.2, 0.25) is 5.60 Å². The van der Waals surface area contributed by atoms with E-state index in [9.17, 15) is 14.7 Å². The van der Waals surface area contributed by atoms with Crippen LogP contribution < -0.4 is 0 Å². The lowest BCUT2D eigenvalue weighted by atomic mass is 9.66. The normalized spacial score (nSPS) is 42.9. The van der Waals surface area contributed by atoms with Crippen molar-refractivity contribution in [3.8, 4) is 0 Å². The summed E-state index contributed by atoms with van der Waals surface area (Å²) in [4.78, 5) is 24.6. The van der Waals surface area contributed by atoms with Crippen LogP contribution in [0.25, 0.3) is 0 Å². The number of aliphatic hydroxyl groups excluding tert-OH is 1. The topological polar surface area (TPSA) is 82.1 Å². The number of carbonyl (C=O) groups is 2. The second-order valence-electron chi connectivity index (χ2n) is 10.5. The predicted octanol–water partition coefficient (Wildman–Crippen LogP) is 3.74. The summed E-state index contributed by atoms with van der Waals surface area (Å²) in [5.41, 5.74) is -2.00. The molecule has 0 bridgehead atoms. The number of carbonyl (C=O) groups excluding carboxylic acids is 2. The van der Waals surface area contributed by atoms with Crippen LogP contribution in [0.1, 0.15) is 66.7 Å². The van der Waals surface area contributed by atoms with Gasteiger partial charge in [0.1, 0.15) is 5.60 Å². The molecule has 5 atom stereocenters. The standard InChI is InChI=1S/C24H32O6/c1-15-7-10-21(2,3)8-6-9-22(4)16(11-17(15)25)13-24-18(28-22)12-19(26)29-23(24,5)14-20(27)30-24/h6-8,12,16-17,25H,9-11,13-14H2,1-5H3/t16-,17+,22+,23-,24-/m1/s1. The van der Waals surface area contributed by atoms with Crippen molar-refractivity contribution < 1.29 is 28.9 Å². The van der Waals surface area contributed by atoms with E-state index in [0.29, 0.717) is 25.0 Å². The zero-order chi connectivity index (χ0) is 21.9. The molecule has 3 aliphatic heterocycles. The highest BCUT2D eigenvalue weighted by Crippen LogP contribution is 2.57. The van der Waals surface area contributed by atoms with Crippen LogP contribution in [0.4, 0.5) is 0 Å². The fourth-order valence-corrected chi connectivity index (χ4v) is 5.26. The van der Waals surface area contributed by atoms with E-state index in [1.165, 1.54) is 6.08 Å². The van der Waals surface area contributed by atoms with E-state index in [1.54, 1.807) is 6.92 Å². The fourth-order valence-electron chi connectivity index (χ4n) is 5.26. The first-order chi connectivity index (χ1) is 13.9. The van der Waals surface area contributed by atoms with E-state index in [1.807, 2.05) is 13.8 Å². The molecule has 3 heterocycles. The van der Waals surface area contributed by atoms with Crippen LogP contribution in [-0.2, 0) is 23.8 Å². The Morgan fingerprint density at radius 2 is 1.80 bits per heavy atom. The van der Waals surface area contributed by atoms with Crippen molar-refractivity contribution in [3.05, 3.63) is 35.6 Å². The summed E-state index contributed by atoms with van der Waals surface area (Å²) < 4.78 is 17.9. The van der Waals surface area contributed by atoms with Crippen molar-refractivity contribution in [2.45, 2.75) is 89.6 Å². The first-order valence-electron chi connectivity index (χ1n) is 10.8. The molecule has 0 radical (unpaired) electrons. The SMILES string of the molecule is CC1=CCC(C)(C)C=CC[C@]2(C)OC3=CC(=O)O[C@]4(C)CC(=O)O[C@]34C[C@H]2C[C@@H]1O. The van der Waals surface area contributed by atoms with Crippen molar-refractivity contribution >= 4 is 11.9 Å². The Balaban J connectivity index is 1.78. The van der Waals surface area contributed by atoms with Gasteiger partial charge in [-0.05, 0) is 44.6 Å². The predicted molar refractivity (Wildman–Crippen MR) is 110 cm³/mol. The minimum atomic E-state index is -1.14. The summed E-state index contributed by atoms with van der Waals surface area (Å²) in [7, 11) is 0. The molecule has 4 aliphatic rings. The van der Waals surface area contributed by atoms with Crippen molar-refractivity contribution in [2.75, 3.05) is 0 Å². The highest BCUT2D eigenvalue weighted by molar-refractivity contribution is 5.87. The summed E-state index contributed by atoms with van der Waals surface area (Å²) in [6.07, 6.45) is 9.50. The molecule has 164 valence electrons. The lowest BCUT2D eigenvalue weighted by Gasteiger charge is -2.54. The van der Waals surface area contributed by atoms with Crippen molar-refractivity contribution in [3.63, 3.8) is 0 Å². The molecule has 1 aliphatic carbocycles. The maximum Gasteiger partial charge on any atom is 0.335 e. The van der Waals surface area contributed by atoms with Crippen LogP contribution in [0.2, 0.25) is 0 Å². The third-order valence-electron chi connectivity index (χ3n) is 7.41. The molecule has 6 nitrogen and oxygen atoms in total. The first kappa shape index (κ1) is 21.2. The molecule has 1 N–H and O–H groups in total. The van der Waals surface area contributed by atoms with Gasteiger partial charge >= 0.3 is 11.9 Å². The number of allylic oxidation sites excluding steroid dienone is 2. The molecule has 0 unspecified atom stereocenters. The van der Waals surface area contributed by atoms with Gasteiger partial charge in [-0.2, -0.15) is 0 Å². The molecule has 4 rings (SSSR count). The van der Waals surface area contributed by atoms with Gasteiger partial charge in [-0.25, -0.2) is 4.79 Å². The Bertz CT molecular complexity index is 867. The molecule has 0 aromatic rings. The minimum Gasteiger partial charge on any atom is -0.487 e. The molecule has 0 amide bonds. The summed E-state index contributed by atoms with van der Waals surface area (Å²) in [5, 5.41) is 11.0. The van der Waals surface area contributed by atoms with Gasteiger partial charge in [0, 0.05) is 18.8 Å². The maximum atomic E-state index is 12.3. The Morgan fingerprint density at radius 3 is 2.53 bits per heavy atom. The number of fused-ring (bicyclic) bond motifs is 1. The number of aliphatic hydroxyl groups is 1. The molecule has 1 spiro atoms. The van der Waals surface area contributed by atoms with Gasteiger partial charge in [0.05, 0.1) is 18.6 Å². The summed E-state index contributed by atoms with van der Waals surface area (Å²) in [5.74, 6) is -0.660. The third kappa shape index (κ3) is 3.29. The zero-order valence-electron chi connectivity index (χ0n) is 18.5. The average molecular weight is 417 g/mol. The van der Waals surface area contributed by atoms with E-state index in [4.69, 9.17) is 14.2 Å². The van der Waals surface area contributed by atoms with Crippen molar-refractivity contribution in [1.29, 1.82) is 0 Å². The maximum absolute atomic E-state index is 12.3. The van der Waals surface area contributed by atoms with Crippen LogP contribution in [0.5, 0.6) is 0 Å². The molecule has 0 aromatic heterocycles. The molecule has 0 saturated carbocycles. The van der Waals surface area contributed by atoms with Gasteiger partial charge in [-0.1, -0.05) is 32.1 Å². The molecule has 6 heteroatoms. The fraction of sp³-hybridized carbons (Fsp3) is 0.667.